The first-order valence-electron chi connectivity index (χ1n) is 9.57. The maximum Gasteiger partial charge on any atom is 0.262 e. The molecule has 3 aromatic rings. The van der Waals surface area contributed by atoms with Gasteiger partial charge in [-0.1, -0.05) is 42.5 Å². The molecule has 1 aromatic heterocycles. The summed E-state index contributed by atoms with van der Waals surface area (Å²) in [5.74, 6) is 0.602. The molecule has 0 saturated carbocycles. The quantitative estimate of drug-likeness (QED) is 0.725. The summed E-state index contributed by atoms with van der Waals surface area (Å²) in [5.41, 5.74) is 2.27. The number of fused-ring (bicyclic) bond motifs is 1. The summed E-state index contributed by atoms with van der Waals surface area (Å²) in [6.07, 6.45) is 1.44. The van der Waals surface area contributed by atoms with Gasteiger partial charge in [0.1, 0.15) is 11.5 Å². The number of aryl methyl sites for hydroxylation is 1. The highest BCUT2D eigenvalue weighted by Gasteiger charge is 2.34. The highest BCUT2D eigenvalue weighted by Crippen LogP contribution is 2.34. The lowest BCUT2D eigenvalue weighted by Crippen LogP contribution is -2.51. The number of anilines is 1. The highest BCUT2D eigenvalue weighted by molar-refractivity contribution is 6.08. The molecule has 1 aliphatic heterocycles. The van der Waals surface area contributed by atoms with Crippen LogP contribution in [-0.4, -0.2) is 31.0 Å². The summed E-state index contributed by atoms with van der Waals surface area (Å²) in [7, 11) is 0. The summed E-state index contributed by atoms with van der Waals surface area (Å²) >= 11 is 0. The van der Waals surface area contributed by atoms with Gasteiger partial charge in [0.2, 0.25) is 0 Å². The zero-order valence-corrected chi connectivity index (χ0v) is 16.1. The standard InChI is InChI=1S/C23H22N2O4/c1-16-18(12-14-28-16)23(27)25-15-21(29-20-10-6-5-9-19(20)25)22(26)24-13-11-17-7-3-2-4-8-17/h2-10,12,14,21H,11,13,15H2,1H3,(H,24,26). The molecule has 0 aliphatic carbocycles. The fraction of sp³-hybridized carbons (Fsp3) is 0.217. The minimum Gasteiger partial charge on any atom is -0.477 e. The van der Waals surface area contributed by atoms with E-state index in [0.717, 1.165) is 12.0 Å². The fourth-order valence-corrected chi connectivity index (χ4v) is 3.40. The molecule has 2 aromatic carbocycles. The molecule has 1 aliphatic rings. The third-order valence-corrected chi connectivity index (χ3v) is 4.96. The zero-order chi connectivity index (χ0) is 20.2. The number of hydrogen-bond acceptors (Lipinski definition) is 4. The van der Waals surface area contributed by atoms with E-state index in [9.17, 15) is 9.59 Å². The molecule has 1 unspecified atom stereocenters. The summed E-state index contributed by atoms with van der Waals surface area (Å²) < 4.78 is 11.2. The van der Waals surface area contributed by atoms with Gasteiger partial charge in [-0.3, -0.25) is 9.59 Å². The number of carbonyl (C=O) groups excluding carboxylic acids is 2. The fourth-order valence-electron chi connectivity index (χ4n) is 3.40. The second kappa shape index (κ2) is 8.22. The molecule has 4 rings (SSSR count). The third-order valence-electron chi connectivity index (χ3n) is 4.96. The number of ether oxygens (including phenoxy) is 1. The number of benzene rings is 2. The summed E-state index contributed by atoms with van der Waals surface area (Å²) in [4.78, 5) is 27.4. The molecule has 2 amide bonds. The SMILES string of the molecule is Cc1occc1C(=O)N1CC(C(=O)NCCc2ccccc2)Oc2ccccc21. The van der Waals surface area contributed by atoms with Crippen LogP contribution < -0.4 is 15.0 Å². The predicted molar refractivity (Wildman–Crippen MR) is 109 cm³/mol. The molecule has 148 valence electrons. The molecular weight excluding hydrogens is 368 g/mol. The van der Waals surface area contributed by atoms with Gasteiger partial charge in [-0.25, -0.2) is 0 Å². The number of amides is 2. The van der Waals surface area contributed by atoms with Crippen molar-refractivity contribution in [2.45, 2.75) is 19.4 Å². The van der Waals surface area contributed by atoms with Crippen LogP contribution in [0.2, 0.25) is 0 Å². The van der Waals surface area contributed by atoms with Crippen molar-refractivity contribution < 1.29 is 18.7 Å². The molecule has 1 N–H and O–H groups in total. The van der Waals surface area contributed by atoms with E-state index >= 15 is 0 Å². The van der Waals surface area contributed by atoms with E-state index in [-0.39, 0.29) is 18.4 Å². The average molecular weight is 390 g/mol. The van der Waals surface area contributed by atoms with Crippen molar-refractivity contribution in [2.75, 3.05) is 18.0 Å². The van der Waals surface area contributed by atoms with Gasteiger partial charge < -0.3 is 19.4 Å². The Kier molecular flexibility index (Phi) is 5.33. The van der Waals surface area contributed by atoms with Gasteiger partial charge in [0.25, 0.3) is 11.8 Å². The lowest BCUT2D eigenvalue weighted by molar-refractivity contribution is -0.127. The van der Waals surface area contributed by atoms with Crippen molar-refractivity contribution in [3.05, 3.63) is 83.8 Å². The second-order valence-corrected chi connectivity index (χ2v) is 6.91. The first-order valence-corrected chi connectivity index (χ1v) is 9.57. The van der Waals surface area contributed by atoms with E-state index < -0.39 is 6.10 Å². The Labute approximate surface area is 169 Å². The summed E-state index contributed by atoms with van der Waals surface area (Å²) in [6.45, 7) is 2.38. The Morgan fingerprint density at radius 3 is 2.59 bits per heavy atom. The van der Waals surface area contributed by atoms with Gasteiger partial charge >= 0.3 is 0 Å². The van der Waals surface area contributed by atoms with E-state index in [0.29, 0.717) is 29.3 Å². The van der Waals surface area contributed by atoms with Gasteiger partial charge in [0.15, 0.2) is 6.10 Å². The van der Waals surface area contributed by atoms with Crippen LogP contribution in [0.1, 0.15) is 21.7 Å². The molecule has 0 bridgehead atoms. The normalized spacial score (nSPS) is 15.3. The van der Waals surface area contributed by atoms with Crippen LogP contribution in [0.5, 0.6) is 5.75 Å². The first-order chi connectivity index (χ1) is 14.1. The van der Waals surface area contributed by atoms with Gasteiger partial charge in [0.05, 0.1) is 24.1 Å². The molecular formula is C23H22N2O4. The second-order valence-electron chi connectivity index (χ2n) is 6.91. The monoisotopic (exact) mass is 390 g/mol. The Bertz CT molecular complexity index is 1010. The van der Waals surface area contributed by atoms with Crippen molar-refractivity contribution in [3.63, 3.8) is 0 Å². The van der Waals surface area contributed by atoms with Gasteiger partial charge in [-0.05, 0) is 37.1 Å². The van der Waals surface area contributed by atoms with E-state index in [1.165, 1.54) is 6.26 Å². The largest absolute Gasteiger partial charge is 0.477 e. The van der Waals surface area contributed by atoms with Crippen LogP contribution in [-0.2, 0) is 11.2 Å². The smallest absolute Gasteiger partial charge is 0.262 e. The van der Waals surface area contributed by atoms with Gasteiger partial charge in [0, 0.05) is 6.54 Å². The van der Waals surface area contributed by atoms with Crippen molar-refractivity contribution >= 4 is 17.5 Å². The number of furan rings is 1. The predicted octanol–water partition coefficient (Wildman–Crippen LogP) is 3.35. The number of para-hydroxylation sites is 2. The minimum atomic E-state index is -0.781. The van der Waals surface area contributed by atoms with Crippen LogP contribution in [0, 0.1) is 6.92 Å². The van der Waals surface area contributed by atoms with Crippen molar-refractivity contribution in [1.29, 1.82) is 0 Å². The molecule has 29 heavy (non-hydrogen) atoms. The number of carbonyl (C=O) groups is 2. The molecule has 0 saturated heterocycles. The lowest BCUT2D eigenvalue weighted by atomic mass is 10.1. The van der Waals surface area contributed by atoms with Crippen LogP contribution in [0.3, 0.4) is 0 Å². The van der Waals surface area contributed by atoms with Crippen LogP contribution >= 0.6 is 0 Å². The van der Waals surface area contributed by atoms with Crippen molar-refractivity contribution in [1.82, 2.24) is 5.32 Å². The van der Waals surface area contributed by atoms with Crippen LogP contribution in [0.15, 0.2) is 71.3 Å². The minimum absolute atomic E-state index is 0.137. The maximum atomic E-state index is 13.1. The molecule has 0 spiro atoms. The van der Waals surface area contributed by atoms with Gasteiger partial charge in [-0.2, -0.15) is 0 Å². The lowest BCUT2D eigenvalue weighted by Gasteiger charge is -2.34. The van der Waals surface area contributed by atoms with E-state index in [1.807, 2.05) is 48.5 Å². The zero-order valence-electron chi connectivity index (χ0n) is 16.1. The first kappa shape index (κ1) is 18.8. The van der Waals surface area contributed by atoms with Gasteiger partial charge in [-0.15, -0.1) is 0 Å². The molecule has 6 nitrogen and oxygen atoms in total. The summed E-state index contributed by atoms with van der Waals surface area (Å²) in [5, 5.41) is 2.92. The van der Waals surface area contributed by atoms with Crippen molar-refractivity contribution in [2.24, 2.45) is 0 Å². The van der Waals surface area contributed by atoms with E-state index in [2.05, 4.69) is 5.32 Å². The molecule has 2 heterocycles. The highest BCUT2D eigenvalue weighted by atomic mass is 16.5. The summed E-state index contributed by atoms with van der Waals surface area (Å²) in [6, 6.07) is 18.8. The van der Waals surface area contributed by atoms with Crippen LogP contribution in [0.4, 0.5) is 5.69 Å². The number of rotatable bonds is 5. The molecule has 6 heteroatoms. The molecule has 1 atom stereocenters. The Morgan fingerprint density at radius 1 is 1.07 bits per heavy atom. The van der Waals surface area contributed by atoms with E-state index in [1.54, 1.807) is 24.0 Å². The Hall–Kier alpha value is -3.54. The molecule has 0 radical (unpaired) electrons. The number of nitrogens with zero attached hydrogens (tertiary/aromatic N) is 1. The van der Waals surface area contributed by atoms with Crippen LogP contribution in [0.25, 0.3) is 0 Å². The Balaban J connectivity index is 1.48. The maximum absolute atomic E-state index is 13.1. The number of nitrogens with one attached hydrogen (secondary N) is 1. The van der Waals surface area contributed by atoms with Crippen molar-refractivity contribution in [3.8, 4) is 5.75 Å². The number of hydrogen-bond donors (Lipinski definition) is 1. The van der Waals surface area contributed by atoms with E-state index in [4.69, 9.17) is 9.15 Å². The Morgan fingerprint density at radius 2 is 1.83 bits per heavy atom. The topological polar surface area (TPSA) is 71.8 Å². The molecule has 0 fully saturated rings. The third kappa shape index (κ3) is 4.01. The average Bonchev–Trinajstić information content (AvgIpc) is 3.19.